The van der Waals surface area contributed by atoms with Gasteiger partial charge in [-0.3, -0.25) is 14.5 Å². The van der Waals surface area contributed by atoms with Crippen LogP contribution in [0.1, 0.15) is 75.8 Å². The first-order valence-electron chi connectivity index (χ1n) is 12.6. The number of ether oxygens (including phenoxy) is 1. The molecule has 32 heavy (non-hydrogen) atoms. The van der Waals surface area contributed by atoms with Crippen molar-refractivity contribution in [1.29, 1.82) is 0 Å². The van der Waals surface area contributed by atoms with E-state index >= 15 is 0 Å². The van der Waals surface area contributed by atoms with Crippen LogP contribution in [0, 0.1) is 5.92 Å². The molecule has 2 heterocycles. The lowest BCUT2D eigenvalue weighted by Crippen LogP contribution is -2.50. The largest absolute Gasteiger partial charge is 0.496 e. The smallest absolute Gasteiger partial charge is 0.242 e. The number of piperidine rings is 1. The summed E-state index contributed by atoms with van der Waals surface area (Å²) in [6.45, 7) is 3.33. The molecular weight excluding hydrogens is 402 g/mol. The molecule has 6 heteroatoms. The Hall–Kier alpha value is -2.08. The predicted molar refractivity (Wildman–Crippen MR) is 125 cm³/mol. The Kier molecular flexibility index (Phi) is 8.06. The topological polar surface area (TPSA) is 61.9 Å². The second kappa shape index (κ2) is 11.2. The molecular formula is C26H39N3O3. The van der Waals surface area contributed by atoms with Gasteiger partial charge in [0.2, 0.25) is 11.8 Å². The maximum atomic E-state index is 13.3. The fraction of sp³-hybridized carbons (Fsp3) is 0.692. The van der Waals surface area contributed by atoms with E-state index in [-0.39, 0.29) is 29.8 Å². The number of carbonyl (C=O) groups excluding carboxylic acids is 2. The van der Waals surface area contributed by atoms with Crippen molar-refractivity contribution < 1.29 is 14.3 Å². The van der Waals surface area contributed by atoms with Crippen molar-refractivity contribution in [2.45, 2.75) is 76.3 Å². The molecule has 176 valence electrons. The zero-order valence-corrected chi connectivity index (χ0v) is 19.6. The summed E-state index contributed by atoms with van der Waals surface area (Å²) >= 11 is 0. The fourth-order valence-corrected chi connectivity index (χ4v) is 5.81. The van der Waals surface area contributed by atoms with E-state index in [1.165, 1.54) is 25.7 Å². The molecule has 1 aromatic rings. The Morgan fingerprint density at radius 1 is 0.969 bits per heavy atom. The molecule has 6 nitrogen and oxygen atoms in total. The predicted octanol–water partition coefficient (Wildman–Crippen LogP) is 3.91. The van der Waals surface area contributed by atoms with Crippen LogP contribution in [0.4, 0.5) is 0 Å². The number of hydrogen-bond acceptors (Lipinski definition) is 4. The van der Waals surface area contributed by atoms with Crippen molar-refractivity contribution in [2.75, 3.05) is 33.3 Å². The second-order valence-corrected chi connectivity index (χ2v) is 9.62. The van der Waals surface area contributed by atoms with Gasteiger partial charge < -0.3 is 15.0 Å². The Labute approximate surface area is 192 Å². The highest BCUT2D eigenvalue weighted by atomic mass is 16.5. The quantitative estimate of drug-likeness (QED) is 0.697. The minimum Gasteiger partial charge on any atom is -0.496 e. The van der Waals surface area contributed by atoms with Crippen molar-refractivity contribution >= 4 is 11.8 Å². The first kappa shape index (κ1) is 23.1. The van der Waals surface area contributed by atoms with Crippen LogP contribution in [0.3, 0.4) is 0 Å². The molecule has 1 aromatic carbocycles. The number of nitrogens with zero attached hydrogens (tertiary/aromatic N) is 2. The molecule has 0 bridgehead atoms. The number of rotatable bonds is 7. The molecule has 4 rings (SSSR count). The molecule has 3 aliphatic rings. The van der Waals surface area contributed by atoms with Crippen LogP contribution in [-0.2, 0) is 9.59 Å². The van der Waals surface area contributed by atoms with E-state index < -0.39 is 0 Å². The first-order valence-corrected chi connectivity index (χ1v) is 12.6. The van der Waals surface area contributed by atoms with Gasteiger partial charge in [-0.2, -0.15) is 0 Å². The fourth-order valence-electron chi connectivity index (χ4n) is 5.81. The summed E-state index contributed by atoms with van der Waals surface area (Å²) in [7, 11) is 1.71. The molecule has 0 radical (unpaired) electrons. The number of hydrogen-bond donors (Lipinski definition) is 1. The number of nitrogens with one attached hydrogen (secondary N) is 1. The average Bonchev–Trinajstić information content (AvgIpc) is 3.35. The third-order valence-corrected chi connectivity index (χ3v) is 7.59. The van der Waals surface area contributed by atoms with Crippen LogP contribution in [0.2, 0.25) is 0 Å². The highest BCUT2D eigenvalue weighted by Gasteiger charge is 2.37. The maximum Gasteiger partial charge on any atom is 0.242 e. The van der Waals surface area contributed by atoms with Gasteiger partial charge in [-0.05, 0) is 57.7 Å². The lowest BCUT2D eigenvalue weighted by atomic mass is 9.88. The van der Waals surface area contributed by atoms with Crippen molar-refractivity contribution in [1.82, 2.24) is 15.1 Å². The molecule has 0 unspecified atom stereocenters. The van der Waals surface area contributed by atoms with E-state index in [0.717, 1.165) is 69.5 Å². The summed E-state index contributed by atoms with van der Waals surface area (Å²) in [6.07, 6.45) is 10.8. The zero-order valence-electron chi connectivity index (χ0n) is 19.6. The normalized spacial score (nSPS) is 23.7. The number of methoxy groups -OCH3 is 1. The highest BCUT2D eigenvalue weighted by Crippen LogP contribution is 2.32. The third kappa shape index (κ3) is 5.28. The van der Waals surface area contributed by atoms with Crippen molar-refractivity contribution in [3.05, 3.63) is 29.8 Å². The number of para-hydroxylation sites is 1. The summed E-state index contributed by atoms with van der Waals surface area (Å²) in [5.41, 5.74) is 1.12. The van der Waals surface area contributed by atoms with Gasteiger partial charge in [0.1, 0.15) is 11.8 Å². The third-order valence-electron chi connectivity index (χ3n) is 7.59. The van der Waals surface area contributed by atoms with E-state index in [0.29, 0.717) is 6.54 Å². The summed E-state index contributed by atoms with van der Waals surface area (Å²) in [5.74, 6) is 1.20. The number of amides is 2. The maximum absolute atomic E-state index is 13.3. The van der Waals surface area contributed by atoms with Crippen LogP contribution >= 0.6 is 0 Å². The Morgan fingerprint density at radius 2 is 1.69 bits per heavy atom. The SMILES string of the molecule is COc1ccccc1[C@@H](CNC(=O)[C@H]1CCCN1C(=O)C1CCCCC1)N1CCCCC1. The van der Waals surface area contributed by atoms with Crippen LogP contribution in [0.15, 0.2) is 24.3 Å². The number of carbonyl (C=O) groups is 2. The van der Waals surface area contributed by atoms with Crippen molar-refractivity contribution in [3.63, 3.8) is 0 Å². The monoisotopic (exact) mass is 441 g/mol. The van der Waals surface area contributed by atoms with E-state index in [4.69, 9.17) is 4.74 Å². The Bertz CT molecular complexity index is 771. The molecule has 2 aliphatic heterocycles. The summed E-state index contributed by atoms with van der Waals surface area (Å²) in [5, 5.41) is 3.23. The highest BCUT2D eigenvalue weighted by molar-refractivity contribution is 5.89. The average molecular weight is 442 g/mol. The first-order chi connectivity index (χ1) is 15.7. The van der Waals surface area contributed by atoms with Crippen LogP contribution in [0.5, 0.6) is 5.75 Å². The number of benzene rings is 1. The number of likely N-dealkylation sites (tertiary alicyclic amines) is 2. The minimum absolute atomic E-state index is 0.00330. The second-order valence-electron chi connectivity index (χ2n) is 9.62. The van der Waals surface area contributed by atoms with E-state index in [1.54, 1.807) is 7.11 Å². The molecule has 2 atom stereocenters. The molecule has 1 N–H and O–H groups in total. The summed E-state index contributed by atoms with van der Waals surface area (Å²) in [6, 6.07) is 7.90. The molecule has 2 amide bonds. The van der Waals surface area contributed by atoms with Crippen LogP contribution in [0.25, 0.3) is 0 Å². The van der Waals surface area contributed by atoms with Gasteiger partial charge in [-0.15, -0.1) is 0 Å². The summed E-state index contributed by atoms with van der Waals surface area (Å²) < 4.78 is 5.65. The van der Waals surface area contributed by atoms with E-state index in [9.17, 15) is 9.59 Å². The van der Waals surface area contributed by atoms with Crippen LogP contribution < -0.4 is 10.1 Å². The standard InChI is InChI=1S/C26H39N3O3/c1-32-24-15-7-6-13-21(24)23(28-16-8-3-9-17-28)19-27-25(30)22-14-10-18-29(22)26(31)20-11-4-2-5-12-20/h6-7,13,15,20,22-23H,2-5,8-12,14,16-19H2,1H3,(H,27,30)/t22-,23-/m1/s1. The lowest BCUT2D eigenvalue weighted by molar-refractivity contribution is -0.142. The molecule has 3 fully saturated rings. The summed E-state index contributed by atoms with van der Waals surface area (Å²) in [4.78, 5) is 30.7. The molecule has 2 saturated heterocycles. The van der Waals surface area contributed by atoms with Crippen LogP contribution in [-0.4, -0.2) is 60.9 Å². The Morgan fingerprint density at radius 3 is 2.44 bits per heavy atom. The van der Waals surface area contributed by atoms with Gasteiger partial charge in [0, 0.05) is 24.6 Å². The lowest BCUT2D eigenvalue weighted by Gasteiger charge is -2.36. The van der Waals surface area contributed by atoms with Gasteiger partial charge in [-0.1, -0.05) is 43.9 Å². The van der Waals surface area contributed by atoms with Gasteiger partial charge >= 0.3 is 0 Å². The Balaban J connectivity index is 1.43. The van der Waals surface area contributed by atoms with Crippen molar-refractivity contribution in [3.8, 4) is 5.75 Å². The molecule has 0 aromatic heterocycles. The zero-order chi connectivity index (χ0) is 22.3. The van der Waals surface area contributed by atoms with E-state index in [2.05, 4.69) is 16.3 Å². The van der Waals surface area contributed by atoms with E-state index in [1.807, 2.05) is 23.1 Å². The minimum atomic E-state index is -0.316. The molecule has 1 saturated carbocycles. The molecule has 0 spiro atoms. The van der Waals surface area contributed by atoms with Gasteiger partial charge in [-0.25, -0.2) is 0 Å². The van der Waals surface area contributed by atoms with Gasteiger partial charge in [0.25, 0.3) is 0 Å². The molecule has 1 aliphatic carbocycles. The van der Waals surface area contributed by atoms with Gasteiger partial charge in [0.05, 0.1) is 13.2 Å². The van der Waals surface area contributed by atoms with Gasteiger partial charge in [0.15, 0.2) is 0 Å². The van der Waals surface area contributed by atoms with Crippen molar-refractivity contribution in [2.24, 2.45) is 5.92 Å².